The quantitative estimate of drug-likeness (QED) is 0.843. The topological polar surface area (TPSA) is 53.5 Å². The smallest absolute Gasteiger partial charge is 0.272 e. The van der Waals surface area contributed by atoms with Crippen molar-refractivity contribution in [2.75, 3.05) is 26.2 Å². The van der Waals surface area contributed by atoms with E-state index in [1.54, 1.807) is 18.3 Å². The first-order valence-corrected chi connectivity index (χ1v) is 8.70. The van der Waals surface area contributed by atoms with Crippen molar-refractivity contribution in [2.24, 2.45) is 5.92 Å². The van der Waals surface area contributed by atoms with E-state index in [2.05, 4.69) is 11.9 Å². The Morgan fingerprint density at radius 1 is 1.00 bits per heavy atom. The third-order valence-electron chi connectivity index (χ3n) is 4.94. The molecule has 0 unspecified atom stereocenters. The van der Waals surface area contributed by atoms with Gasteiger partial charge in [0.25, 0.3) is 11.8 Å². The first-order valence-electron chi connectivity index (χ1n) is 8.70. The molecule has 0 saturated carbocycles. The second-order valence-corrected chi connectivity index (χ2v) is 6.76. The minimum absolute atomic E-state index is 0.0217. The van der Waals surface area contributed by atoms with E-state index in [0.29, 0.717) is 17.2 Å². The van der Waals surface area contributed by atoms with Crippen LogP contribution in [0.3, 0.4) is 0 Å². The fourth-order valence-corrected chi connectivity index (χ4v) is 3.33. The minimum atomic E-state index is -0.0507. The van der Waals surface area contributed by atoms with Gasteiger partial charge in [-0.3, -0.25) is 14.6 Å². The van der Waals surface area contributed by atoms with Crippen molar-refractivity contribution in [2.45, 2.75) is 39.0 Å². The molecule has 2 fully saturated rings. The number of hydrogen-bond donors (Lipinski definition) is 0. The van der Waals surface area contributed by atoms with Gasteiger partial charge in [-0.1, -0.05) is 6.92 Å². The SMILES string of the molecule is CC1CCN(C(=O)c2cc(C(=O)N3CCCCC3)ccn2)CC1. The summed E-state index contributed by atoms with van der Waals surface area (Å²) >= 11 is 0. The van der Waals surface area contributed by atoms with Crippen molar-refractivity contribution < 1.29 is 9.59 Å². The predicted octanol–water partition coefficient (Wildman–Crippen LogP) is 2.58. The lowest BCUT2D eigenvalue weighted by Crippen LogP contribution is -2.38. The molecule has 0 aliphatic carbocycles. The molecule has 1 aromatic rings. The van der Waals surface area contributed by atoms with Crippen LogP contribution in [0.15, 0.2) is 18.3 Å². The minimum Gasteiger partial charge on any atom is -0.339 e. The van der Waals surface area contributed by atoms with Crippen LogP contribution in [-0.2, 0) is 0 Å². The molecule has 2 amide bonds. The average Bonchev–Trinajstić information content (AvgIpc) is 2.62. The van der Waals surface area contributed by atoms with Gasteiger partial charge < -0.3 is 9.80 Å². The lowest BCUT2D eigenvalue weighted by atomic mass is 9.99. The van der Waals surface area contributed by atoms with Crippen molar-refractivity contribution >= 4 is 11.8 Å². The molecule has 0 spiro atoms. The number of carbonyl (C=O) groups is 2. The Kier molecular flexibility index (Phi) is 4.94. The van der Waals surface area contributed by atoms with Crippen LogP contribution in [0, 0.1) is 5.92 Å². The zero-order valence-corrected chi connectivity index (χ0v) is 13.8. The number of amides is 2. The monoisotopic (exact) mass is 315 g/mol. The van der Waals surface area contributed by atoms with Crippen LogP contribution in [-0.4, -0.2) is 52.8 Å². The zero-order valence-electron chi connectivity index (χ0n) is 13.8. The van der Waals surface area contributed by atoms with Crippen molar-refractivity contribution in [3.63, 3.8) is 0 Å². The van der Waals surface area contributed by atoms with Crippen LogP contribution >= 0.6 is 0 Å². The van der Waals surface area contributed by atoms with Gasteiger partial charge in [0.05, 0.1) is 0 Å². The summed E-state index contributed by atoms with van der Waals surface area (Å²) in [5.41, 5.74) is 0.970. The molecule has 0 N–H and O–H groups in total. The standard InChI is InChI=1S/C18H25N3O2/c1-14-6-11-21(12-7-14)18(23)16-13-15(5-8-19-16)17(22)20-9-3-2-4-10-20/h5,8,13-14H,2-4,6-7,9-12H2,1H3. The average molecular weight is 315 g/mol. The molecular formula is C18H25N3O2. The molecule has 5 nitrogen and oxygen atoms in total. The number of piperidine rings is 2. The van der Waals surface area contributed by atoms with E-state index in [0.717, 1.165) is 51.9 Å². The fraction of sp³-hybridized carbons (Fsp3) is 0.611. The Balaban J connectivity index is 1.71. The third kappa shape index (κ3) is 3.71. The van der Waals surface area contributed by atoms with E-state index in [-0.39, 0.29) is 11.8 Å². The molecule has 0 aromatic carbocycles. The largest absolute Gasteiger partial charge is 0.339 e. The van der Waals surface area contributed by atoms with Crippen molar-refractivity contribution in [1.82, 2.24) is 14.8 Å². The number of likely N-dealkylation sites (tertiary alicyclic amines) is 2. The number of nitrogens with zero attached hydrogens (tertiary/aromatic N) is 3. The normalized spacial score (nSPS) is 19.7. The van der Waals surface area contributed by atoms with Crippen LogP contribution in [0.5, 0.6) is 0 Å². The van der Waals surface area contributed by atoms with Gasteiger partial charge in [-0.05, 0) is 50.2 Å². The highest BCUT2D eigenvalue weighted by Crippen LogP contribution is 2.19. The molecule has 0 atom stereocenters. The summed E-state index contributed by atoms with van der Waals surface area (Å²) in [5, 5.41) is 0. The summed E-state index contributed by atoms with van der Waals surface area (Å²) < 4.78 is 0. The van der Waals surface area contributed by atoms with Crippen LogP contribution in [0.4, 0.5) is 0 Å². The molecule has 2 aliphatic heterocycles. The lowest BCUT2D eigenvalue weighted by Gasteiger charge is -2.30. The number of hydrogen-bond acceptors (Lipinski definition) is 3. The van der Waals surface area contributed by atoms with E-state index in [9.17, 15) is 9.59 Å². The number of pyridine rings is 1. The summed E-state index contributed by atoms with van der Waals surface area (Å²) in [6, 6.07) is 3.38. The highest BCUT2D eigenvalue weighted by Gasteiger charge is 2.24. The van der Waals surface area contributed by atoms with E-state index < -0.39 is 0 Å². The Bertz CT molecular complexity index is 573. The first-order chi connectivity index (χ1) is 11.1. The Morgan fingerprint density at radius 3 is 2.35 bits per heavy atom. The third-order valence-corrected chi connectivity index (χ3v) is 4.94. The number of carbonyl (C=O) groups excluding carboxylic acids is 2. The van der Waals surface area contributed by atoms with E-state index in [4.69, 9.17) is 0 Å². The maximum atomic E-state index is 12.6. The van der Waals surface area contributed by atoms with Gasteiger partial charge >= 0.3 is 0 Å². The highest BCUT2D eigenvalue weighted by atomic mass is 16.2. The van der Waals surface area contributed by atoms with Crippen LogP contribution in [0.25, 0.3) is 0 Å². The van der Waals surface area contributed by atoms with Crippen LogP contribution in [0.2, 0.25) is 0 Å². The maximum Gasteiger partial charge on any atom is 0.272 e. The van der Waals surface area contributed by atoms with E-state index >= 15 is 0 Å². The van der Waals surface area contributed by atoms with Crippen molar-refractivity contribution in [3.05, 3.63) is 29.6 Å². The number of rotatable bonds is 2. The van der Waals surface area contributed by atoms with Gasteiger partial charge in [0.1, 0.15) is 5.69 Å². The summed E-state index contributed by atoms with van der Waals surface area (Å²) in [7, 11) is 0. The summed E-state index contributed by atoms with van der Waals surface area (Å²) in [4.78, 5) is 33.1. The Hall–Kier alpha value is -1.91. The van der Waals surface area contributed by atoms with Gasteiger partial charge in [-0.2, -0.15) is 0 Å². The van der Waals surface area contributed by atoms with Gasteiger partial charge in [-0.25, -0.2) is 0 Å². The summed E-state index contributed by atoms with van der Waals surface area (Å²) in [6.07, 6.45) is 6.98. The summed E-state index contributed by atoms with van der Waals surface area (Å²) in [5.74, 6) is 0.651. The molecule has 5 heteroatoms. The molecule has 2 aliphatic rings. The molecular weight excluding hydrogens is 290 g/mol. The van der Waals surface area contributed by atoms with Gasteiger partial charge in [-0.15, -0.1) is 0 Å². The molecule has 3 heterocycles. The molecule has 2 saturated heterocycles. The zero-order chi connectivity index (χ0) is 16.2. The van der Waals surface area contributed by atoms with E-state index in [1.807, 2.05) is 9.80 Å². The first kappa shape index (κ1) is 16.0. The van der Waals surface area contributed by atoms with E-state index in [1.165, 1.54) is 6.42 Å². The number of aromatic nitrogens is 1. The molecule has 0 radical (unpaired) electrons. The predicted molar refractivity (Wildman–Crippen MR) is 88.3 cm³/mol. The highest BCUT2D eigenvalue weighted by molar-refractivity contribution is 5.98. The van der Waals surface area contributed by atoms with Crippen LogP contribution in [0.1, 0.15) is 59.9 Å². The van der Waals surface area contributed by atoms with Gasteiger partial charge in [0.15, 0.2) is 0 Å². The van der Waals surface area contributed by atoms with Gasteiger partial charge in [0.2, 0.25) is 0 Å². The molecule has 124 valence electrons. The second kappa shape index (κ2) is 7.11. The van der Waals surface area contributed by atoms with Crippen molar-refractivity contribution in [3.8, 4) is 0 Å². The molecule has 3 rings (SSSR count). The van der Waals surface area contributed by atoms with Crippen molar-refractivity contribution in [1.29, 1.82) is 0 Å². The molecule has 0 bridgehead atoms. The second-order valence-electron chi connectivity index (χ2n) is 6.76. The van der Waals surface area contributed by atoms with Crippen LogP contribution < -0.4 is 0 Å². The summed E-state index contributed by atoms with van der Waals surface area (Å²) in [6.45, 7) is 5.42. The Morgan fingerprint density at radius 2 is 1.65 bits per heavy atom. The Labute approximate surface area is 137 Å². The lowest BCUT2D eigenvalue weighted by molar-refractivity contribution is 0.0691. The van der Waals surface area contributed by atoms with Gasteiger partial charge in [0, 0.05) is 37.9 Å². The molecule has 23 heavy (non-hydrogen) atoms. The molecule has 1 aromatic heterocycles. The maximum absolute atomic E-state index is 12.6. The fourth-order valence-electron chi connectivity index (χ4n) is 3.33.